The molecule has 0 spiro atoms. The SMILES string of the molecule is CCNC(C)(CO)CCOc1ccc(CCO)cc1. The van der Waals surface area contributed by atoms with Crippen molar-refractivity contribution in [3.05, 3.63) is 29.8 Å². The van der Waals surface area contributed by atoms with Gasteiger partial charge in [0.15, 0.2) is 0 Å². The summed E-state index contributed by atoms with van der Waals surface area (Å²) in [5, 5.41) is 21.5. The summed E-state index contributed by atoms with van der Waals surface area (Å²) < 4.78 is 5.67. The third-order valence-electron chi connectivity index (χ3n) is 3.20. The molecule has 4 nitrogen and oxygen atoms in total. The summed E-state index contributed by atoms with van der Waals surface area (Å²) in [6.45, 7) is 5.66. The smallest absolute Gasteiger partial charge is 0.119 e. The van der Waals surface area contributed by atoms with Crippen molar-refractivity contribution in [2.75, 3.05) is 26.4 Å². The lowest BCUT2D eigenvalue weighted by atomic mass is 10.00. The van der Waals surface area contributed by atoms with Crippen LogP contribution in [0, 0.1) is 0 Å². The fourth-order valence-corrected chi connectivity index (χ4v) is 1.93. The van der Waals surface area contributed by atoms with Crippen LogP contribution >= 0.6 is 0 Å². The van der Waals surface area contributed by atoms with Crippen LogP contribution in [0.15, 0.2) is 24.3 Å². The molecule has 19 heavy (non-hydrogen) atoms. The molecule has 0 aliphatic rings. The van der Waals surface area contributed by atoms with Gasteiger partial charge in [0.05, 0.1) is 13.2 Å². The van der Waals surface area contributed by atoms with Gasteiger partial charge in [-0.25, -0.2) is 0 Å². The van der Waals surface area contributed by atoms with E-state index in [0.717, 1.165) is 24.3 Å². The Balaban J connectivity index is 2.39. The monoisotopic (exact) mass is 267 g/mol. The third-order valence-corrected chi connectivity index (χ3v) is 3.20. The molecule has 1 aromatic rings. The Morgan fingerprint density at radius 1 is 1.21 bits per heavy atom. The molecular formula is C15H25NO3. The van der Waals surface area contributed by atoms with Crippen molar-refractivity contribution in [2.45, 2.75) is 32.2 Å². The first-order chi connectivity index (χ1) is 9.13. The van der Waals surface area contributed by atoms with Gasteiger partial charge in [-0.05, 0) is 37.6 Å². The number of ether oxygens (including phenoxy) is 1. The molecule has 1 aromatic carbocycles. The van der Waals surface area contributed by atoms with E-state index in [1.54, 1.807) is 0 Å². The summed E-state index contributed by atoms with van der Waals surface area (Å²) in [4.78, 5) is 0. The number of benzene rings is 1. The highest BCUT2D eigenvalue weighted by molar-refractivity contribution is 5.27. The first-order valence-corrected chi connectivity index (χ1v) is 6.82. The second-order valence-corrected chi connectivity index (χ2v) is 4.97. The Kier molecular flexibility index (Phi) is 6.84. The predicted molar refractivity (Wildman–Crippen MR) is 76.5 cm³/mol. The molecule has 0 bridgehead atoms. The quantitative estimate of drug-likeness (QED) is 0.632. The highest BCUT2D eigenvalue weighted by atomic mass is 16.5. The number of likely N-dealkylation sites (N-methyl/N-ethyl adjacent to an activating group) is 1. The van der Waals surface area contributed by atoms with E-state index in [0.29, 0.717) is 13.0 Å². The van der Waals surface area contributed by atoms with Crippen LogP contribution in [0.2, 0.25) is 0 Å². The first kappa shape index (κ1) is 16.0. The molecule has 3 N–H and O–H groups in total. The van der Waals surface area contributed by atoms with Crippen LogP contribution in [0.4, 0.5) is 0 Å². The molecule has 0 aromatic heterocycles. The summed E-state index contributed by atoms with van der Waals surface area (Å²) in [5.41, 5.74) is 0.814. The minimum absolute atomic E-state index is 0.0969. The molecule has 0 amide bonds. The number of rotatable bonds is 9. The molecule has 4 heteroatoms. The van der Waals surface area contributed by atoms with Crippen LogP contribution < -0.4 is 10.1 Å². The van der Waals surface area contributed by atoms with Gasteiger partial charge in [0.2, 0.25) is 0 Å². The molecular weight excluding hydrogens is 242 g/mol. The topological polar surface area (TPSA) is 61.7 Å². The average molecular weight is 267 g/mol. The van der Waals surface area contributed by atoms with Crippen LogP contribution in [0.3, 0.4) is 0 Å². The number of aliphatic hydroxyl groups excluding tert-OH is 2. The van der Waals surface area contributed by atoms with Crippen molar-refractivity contribution in [1.82, 2.24) is 5.32 Å². The van der Waals surface area contributed by atoms with Gasteiger partial charge in [-0.15, -0.1) is 0 Å². The standard InChI is InChI=1S/C15H25NO3/c1-3-16-15(2,12-18)9-11-19-14-6-4-13(5-7-14)8-10-17/h4-7,16-18H,3,8-12H2,1-2H3. The maximum atomic E-state index is 9.37. The third kappa shape index (κ3) is 5.59. The normalized spacial score (nSPS) is 14.1. The number of hydrogen-bond donors (Lipinski definition) is 3. The van der Waals surface area contributed by atoms with Crippen LogP contribution in [0.1, 0.15) is 25.8 Å². The van der Waals surface area contributed by atoms with Gasteiger partial charge < -0.3 is 20.3 Å². The Labute approximate surface area is 115 Å². The average Bonchev–Trinajstić information content (AvgIpc) is 2.41. The summed E-state index contributed by atoms with van der Waals surface area (Å²) in [6.07, 6.45) is 1.42. The van der Waals surface area contributed by atoms with Crippen molar-refractivity contribution in [3.63, 3.8) is 0 Å². The van der Waals surface area contributed by atoms with E-state index in [2.05, 4.69) is 5.32 Å². The van der Waals surface area contributed by atoms with E-state index in [-0.39, 0.29) is 18.8 Å². The van der Waals surface area contributed by atoms with Gasteiger partial charge in [-0.1, -0.05) is 19.1 Å². The van der Waals surface area contributed by atoms with Crippen molar-refractivity contribution in [3.8, 4) is 5.75 Å². The maximum absolute atomic E-state index is 9.37. The van der Waals surface area contributed by atoms with Gasteiger partial charge in [-0.3, -0.25) is 0 Å². The van der Waals surface area contributed by atoms with Gasteiger partial charge in [0.1, 0.15) is 5.75 Å². The zero-order chi connectivity index (χ0) is 14.1. The lowest BCUT2D eigenvalue weighted by molar-refractivity contribution is 0.146. The van der Waals surface area contributed by atoms with E-state index in [4.69, 9.17) is 9.84 Å². The summed E-state index contributed by atoms with van der Waals surface area (Å²) in [7, 11) is 0. The minimum Gasteiger partial charge on any atom is -0.494 e. The van der Waals surface area contributed by atoms with Crippen LogP contribution in [-0.4, -0.2) is 42.1 Å². The molecule has 0 heterocycles. The lowest BCUT2D eigenvalue weighted by Gasteiger charge is -2.28. The second kappa shape index (κ2) is 8.15. The molecule has 1 atom stereocenters. The van der Waals surface area contributed by atoms with Gasteiger partial charge >= 0.3 is 0 Å². The zero-order valence-electron chi connectivity index (χ0n) is 11.9. The van der Waals surface area contributed by atoms with Crippen molar-refractivity contribution >= 4 is 0 Å². The molecule has 0 saturated carbocycles. The van der Waals surface area contributed by atoms with Crippen molar-refractivity contribution in [1.29, 1.82) is 0 Å². The Morgan fingerprint density at radius 2 is 1.89 bits per heavy atom. The predicted octanol–water partition coefficient (Wildman–Crippen LogP) is 1.35. The van der Waals surface area contributed by atoms with Crippen LogP contribution in [-0.2, 0) is 6.42 Å². The minimum atomic E-state index is -0.286. The Hall–Kier alpha value is -1.10. The van der Waals surface area contributed by atoms with Crippen molar-refractivity contribution < 1.29 is 14.9 Å². The highest BCUT2D eigenvalue weighted by Gasteiger charge is 2.21. The second-order valence-electron chi connectivity index (χ2n) is 4.97. The van der Waals surface area contributed by atoms with E-state index in [1.807, 2.05) is 38.1 Å². The van der Waals surface area contributed by atoms with Crippen molar-refractivity contribution in [2.24, 2.45) is 0 Å². The molecule has 0 saturated heterocycles. The molecule has 0 radical (unpaired) electrons. The number of hydrogen-bond acceptors (Lipinski definition) is 4. The van der Waals surface area contributed by atoms with E-state index in [1.165, 1.54) is 0 Å². The highest BCUT2D eigenvalue weighted by Crippen LogP contribution is 2.15. The zero-order valence-corrected chi connectivity index (χ0v) is 11.9. The summed E-state index contributed by atoms with van der Waals surface area (Å²) >= 11 is 0. The number of nitrogens with one attached hydrogen (secondary N) is 1. The molecule has 0 fully saturated rings. The van der Waals surface area contributed by atoms with E-state index in [9.17, 15) is 5.11 Å². The fourth-order valence-electron chi connectivity index (χ4n) is 1.93. The van der Waals surface area contributed by atoms with E-state index >= 15 is 0 Å². The Morgan fingerprint density at radius 3 is 2.42 bits per heavy atom. The maximum Gasteiger partial charge on any atom is 0.119 e. The Bertz CT molecular complexity index is 353. The van der Waals surface area contributed by atoms with E-state index < -0.39 is 0 Å². The molecule has 108 valence electrons. The van der Waals surface area contributed by atoms with Gasteiger partial charge in [-0.2, -0.15) is 0 Å². The number of aliphatic hydroxyl groups is 2. The van der Waals surface area contributed by atoms with Gasteiger partial charge in [0, 0.05) is 18.6 Å². The molecule has 1 rings (SSSR count). The molecule has 0 aliphatic carbocycles. The summed E-state index contributed by atoms with van der Waals surface area (Å²) in [6, 6.07) is 7.74. The summed E-state index contributed by atoms with van der Waals surface area (Å²) in [5.74, 6) is 0.818. The van der Waals surface area contributed by atoms with Crippen LogP contribution in [0.25, 0.3) is 0 Å². The fraction of sp³-hybridized carbons (Fsp3) is 0.600. The van der Waals surface area contributed by atoms with Crippen LogP contribution in [0.5, 0.6) is 5.75 Å². The molecule has 1 unspecified atom stereocenters. The lowest BCUT2D eigenvalue weighted by Crippen LogP contribution is -2.46. The van der Waals surface area contributed by atoms with Gasteiger partial charge in [0.25, 0.3) is 0 Å². The first-order valence-electron chi connectivity index (χ1n) is 6.82. The molecule has 0 aliphatic heterocycles. The largest absolute Gasteiger partial charge is 0.494 e.